The molecule has 0 aliphatic carbocycles. The lowest BCUT2D eigenvalue weighted by Gasteiger charge is -2.15. The van der Waals surface area contributed by atoms with E-state index in [0.29, 0.717) is 22.7 Å². The number of halogens is 1. The quantitative estimate of drug-likeness (QED) is 0.634. The minimum Gasteiger partial charge on any atom is -0.481 e. The van der Waals surface area contributed by atoms with Gasteiger partial charge in [0.1, 0.15) is 11.6 Å². The molecule has 148 valence electrons. The predicted molar refractivity (Wildman–Crippen MR) is 111 cm³/mol. The predicted octanol–water partition coefficient (Wildman–Crippen LogP) is 4.79. The second kappa shape index (κ2) is 9.01. The van der Waals surface area contributed by atoms with Gasteiger partial charge in [0.15, 0.2) is 6.10 Å². The highest BCUT2D eigenvalue weighted by molar-refractivity contribution is 6.05. The van der Waals surface area contributed by atoms with Crippen LogP contribution < -0.4 is 15.4 Å². The Labute approximate surface area is 168 Å². The summed E-state index contributed by atoms with van der Waals surface area (Å²) in [6.07, 6.45) is -0.721. The van der Waals surface area contributed by atoms with Crippen LogP contribution in [0.5, 0.6) is 5.75 Å². The van der Waals surface area contributed by atoms with Crippen molar-refractivity contribution >= 4 is 23.2 Å². The minimum absolute atomic E-state index is 0.333. The van der Waals surface area contributed by atoms with Gasteiger partial charge in [0.05, 0.1) is 0 Å². The van der Waals surface area contributed by atoms with Crippen LogP contribution in [0.2, 0.25) is 0 Å². The van der Waals surface area contributed by atoms with Gasteiger partial charge in [0, 0.05) is 16.9 Å². The molecule has 3 aromatic carbocycles. The number of hydrogen-bond acceptors (Lipinski definition) is 3. The number of carbonyl (C=O) groups is 2. The average Bonchev–Trinajstić information content (AvgIpc) is 2.68. The number of carbonyl (C=O) groups excluding carboxylic acids is 2. The first-order valence-corrected chi connectivity index (χ1v) is 9.12. The smallest absolute Gasteiger partial charge is 0.265 e. The highest BCUT2D eigenvalue weighted by Crippen LogP contribution is 2.17. The molecule has 6 heteroatoms. The van der Waals surface area contributed by atoms with E-state index in [2.05, 4.69) is 10.6 Å². The van der Waals surface area contributed by atoms with Crippen molar-refractivity contribution < 1.29 is 18.7 Å². The van der Waals surface area contributed by atoms with Gasteiger partial charge in [-0.1, -0.05) is 24.3 Å². The highest BCUT2D eigenvalue weighted by Gasteiger charge is 2.16. The maximum Gasteiger partial charge on any atom is 0.265 e. The Hall–Kier alpha value is -3.67. The number of rotatable bonds is 6. The molecule has 2 N–H and O–H groups in total. The molecule has 0 heterocycles. The van der Waals surface area contributed by atoms with Gasteiger partial charge in [0.2, 0.25) is 0 Å². The molecule has 0 aliphatic rings. The Balaban J connectivity index is 1.64. The van der Waals surface area contributed by atoms with Crippen molar-refractivity contribution in [2.24, 2.45) is 0 Å². The molecule has 0 spiro atoms. The summed E-state index contributed by atoms with van der Waals surface area (Å²) in [6.45, 7) is 3.59. The van der Waals surface area contributed by atoms with Gasteiger partial charge in [0.25, 0.3) is 11.8 Å². The molecule has 1 unspecified atom stereocenters. The summed E-state index contributed by atoms with van der Waals surface area (Å²) in [5.41, 5.74) is 2.18. The van der Waals surface area contributed by atoms with Crippen LogP contribution in [-0.4, -0.2) is 17.9 Å². The van der Waals surface area contributed by atoms with E-state index < -0.39 is 17.8 Å². The highest BCUT2D eigenvalue weighted by atomic mass is 19.1. The molecule has 1 atom stereocenters. The van der Waals surface area contributed by atoms with Crippen molar-refractivity contribution in [2.75, 3.05) is 10.6 Å². The van der Waals surface area contributed by atoms with Gasteiger partial charge in [-0.3, -0.25) is 9.59 Å². The Morgan fingerprint density at radius 2 is 1.59 bits per heavy atom. The first kappa shape index (κ1) is 20.1. The zero-order chi connectivity index (χ0) is 20.8. The van der Waals surface area contributed by atoms with Crippen LogP contribution in [0.15, 0.2) is 72.8 Å². The second-order valence-electron chi connectivity index (χ2n) is 6.61. The summed E-state index contributed by atoms with van der Waals surface area (Å²) >= 11 is 0. The maximum absolute atomic E-state index is 13.3. The van der Waals surface area contributed by atoms with Crippen LogP contribution >= 0.6 is 0 Å². The summed E-state index contributed by atoms with van der Waals surface area (Å²) in [6, 6.07) is 19.6. The zero-order valence-corrected chi connectivity index (χ0v) is 16.1. The van der Waals surface area contributed by atoms with E-state index in [4.69, 9.17) is 4.74 Å². The molecule has 0 aliphatic heterocycles. The van der Waals surface area contributed by atoms with Crippen molar-refractivity contribution in [3.05, 3.63) is 89.7 Å². The van der Waals surface area contributed by atoms with E-state index in [1.165, 1.54) is 18.2 Å². The third-order valence-corrected chi connectivity index (χ3v) is 4.15. The second-order valence-corrected chi connectivity index (χ2v) is 6.61. The lowest BCUT2D eigenvalue weighted by atomic mass is 10.1. The van der Waals surface area contributed by atoms with Gasteiger partial charge in [-0.15, -0.1) is 0 Å². The van der Waals surface area contributed by atoms with Crippen LogP contribution in [0.4, 0.5) is 15.8 Å². The number of hydrogen-bond donors (Lipinski definition) is 2. The van der Waals surface area contributed by atoms with Crippen LogP contribution in [0.1, 0.15) is 22.8 Å². The summed E-state index contributed by atoms with van der Waals surface area (Å²) in [4.78, 5) is 24.8. The van der Waals surface area contributed by atoms with Crippen molar-refractivity contribution in [3.8, 4) is 5.75 Å². The molecular formula is C23H21FN2O3. The van der Waals surface area contributed by atoms with Crippen molar-refractivity contribution in [3.63, 3.8) is 0 Å². The fourth-order valence-corrected chi connectivity index (χ4v) is 2.70. The fraction of sp³-hybridized carbons (Fsp3) is 0.130. The molecule has 0 fully saturated rings. The first-order valence-electron chi connectivity index (χ1n) is 9.12. The molecular weight excluding hydrogens is 371 g/mol. The lowest BCUT2D eigenvalue weighted by Crippen LogP contribution is -2.30. The SMILES string of the molecule is Cc1cccc(OC(C)C(=O)Nc2cccc(C(=O)Nc3cccc(F)c3)c2)c1. The maximum atomic E-state index is 13.3. The van der Waals surface area contributed by atoms with Crippen molar-refractivity contribution in [1.82, 2.24) is 0 Å². The monoisotopic (exact) mass is 392 g/mol. The number of nitrogens with one attached hydrogen (secondary N) is 2. The topological polar surface area (TPSA) is 67.4 Å². The summed E-state index contributed by atoms with van der Waals surface area (Å²) in [5.74, 6) is -0.577. The molecule has 29 heavy (non-hydrogen) atoms. The number of aryl methyl sites for hydroxylation is 1. The van der Waals surface area contributed by atoms with Crippen LogP contribution in [0, 0.1) is 12.7 Å². The summed E-state index contributed by atoms with van der Waals surface area (Å²) < 4.78 is 18.9. The molecule has 0 bridgehead atoms. The van der Waals surface area contributed by atoms with Gasteiger partial charge in [-0.25, -0.2) is 4.39 Å². The Bertz CT molecular complexity index is 1040. The molecule has 2 amide bonds. The Kier molecular flexibility index (Phi) is 6.24. The van der Waals surface area contributed by atoms with Gasteiger partial charge in [-0.2, -0.15) is 0 Å². The van der Waals surface area contributed by atoms with E-state index in [1.807, 2.05) is 25.1 Å². The molecule has 3 aromatic rings. The van der Waals surface area contributed by atoms with E-state index in [1.54, 1.807) is 43.3 Å². The largest absolute Gasteiger partial charge is 0.481 e. The minimum atomic E-state index is -0.721. The molecule has 0 saturated heterocycles. The van der Waals surface area contributed by atoms with Crippen LogP contribution in [0.25, 0.3) is 0 Å². The van der Waals surface area contributed by atoms with E-state index in [0.717, 1.165) is 5.56 Å². The summed E-state index contributed by atoms with van der Waals surface area (Å²) in [5, 5.41) is 5.36. The van der Waals surface area contributed by atoms with Crippen LogP contribution in [-0.2, 0) is 4.79 Å². The van der Waals surface area contributed by atoms with Gasteiger partial charge in [-0.05, 0) is 67.9 Å². The third kappa shape index (κ3) is 5.65. The fourth-order valence-electron chi connectivity index (χ4n) is 2.70. The normalized spacial score (nSPS) is 11.4. The number of anilines is 2. The summed E-state index contributed by atoms with van der Waals surface area (Å²) in [7, 11) is 0. The van der Waals surface area contributed by atoms with Gasteiger partial charge < -0.3 is 15.4 Å². The molecule has 0 saturated carbocycles. The first-order chi connectivity index (χ1) is 13.9. The van der Waals surface area contributed by atoms with Crippen molar-refractivity contribution in [2.45, 2.75) is 20.0 Å². The Morgan fingerprint density at radius 1 is 0.897 bits per heavy atom. The Morgan fingerprint density at radius 3 is 2.31 bits per heavy atom. The number of ether oxygens (including phenoxy) is 1. The van der Waals surface area contributed by atoms with Crippen molar-refractivity contribution in [1.29, 1.82) is 0 Å². The molecule has 3 rings (SSSR count). The number of amides is 2. The van der Waals surface area contributed by atoms with E-state index in [-0.39, 0.29) is 5.91 Å². The van der Waals surface area contributed by atoms with Gasteiger partial charge >= 0.3 is 0 Å². The van der Waals surface area contributed by atoms with Crippen LogP contribution in [0.3, 0.4) is 0 Å². The zero-order valence-electron chi connectivity index (χ0n) is 16.1. The molecule has 0 aromatic heterocycles. The molecule has 0 radical (unpaired) electrons. The standard InChI is InChI=1S/C23H21FN2O3/c1-15-6-3-11-21(12-15)29-16(2)22(27)25-19-9-4-7-17(13-19)23(28)26-20-10-5-8-18(24)14-20/h3-14,16H,1-2H3,(H,25,27)(H,26,28). The van der Waals surface area contributed by atoms with E-state index in [9.17, 15) is 14.0 Å². The lowest BCUT2D eigenvalue weighted by molar-refractivity contribution is -0.122. The third-order valence-electron chi connectivity index (χ3n) is 4.15. The number of benzene rings is 3. The van der Waals surface area contributed by atoms with E-state index >= 15 is 0 Å². The molecule has 5 nitrogen and oxygen atoms in total. The average molecular weight is 392 g/mol.